The summed E-state index contributed by atoms with van der Waals surface area (Å²) in [7, 11) is 0. The van der Waals surface area contributed by atoms with E-state index in [2.05, 4.69) is 5.32 Å². The Balaban J connectivity index is 1.54. The Hall–Kier alpha value is -3.88. The van der Waals surface area contributed by atoms with E-state index in [4.69, 9.17) is 18.9 Å². The third-order valence-corrected chi connectivity index (χ3v) is 3.92. The lowest BCUT2D eigenvalue weighted by molar-refractivity contribution is -0.149. The number of hydrogen-bond acceptors (Lipinski definition) is 8. The summed E-state index contributed by atoms with van der Waals surface area (Å²) in [5, 5.41) is 2.51. The number of anilines is 1. The van der Waals surface area contributed by atoms with Crippen LogP contribution in [0.15, 0.2) is 36.4 Å². The molecule has 0 aromatic heterocycles. The van der Waals surface area contributed by atoms with Crippen molar-refractivity contribution in [3.05, 3.63) is 47.5 Å². The molecule has 29 heavy (non-hydrogen) atoms. The number of carbonyl (C=O) groups excluding carboxylic acids is 4. The topological polar surface area (TPSA) is 117 Å². The number of benzene rings is 2. The number of Topliss-reactive ketones (excluding diaryl/α,β-unsaturated/α-hetero) is 1. The van der Waals surface area contributed by atoms with Gasteiger partial charge in [-0.1, -0.05) is 12.1 Å². The van der Waals surface area contributed by atoms with Gasteiger partial charge >= 0.3 is 5.97 Å². The van der Waals surface area contributed by atoms with Gasteiger partial charge in [-0.25, -0.2) is 4.79 Å². The molecule has 1 amide bonds. The van der Waals surface area contributed by atoms with Gasteiger partial charge in [-0.2, -0.15) is 0 Å². The molecule has 9 nitrogen and oxygen atoms in total. The van der Waals surface area contributed by atoms with Crippen LogP contribution in [-0.2, 0) is 14.3 Å². The van der Waals surface area contributed by atoms with Gasteiger partial charge in [-0.3, -0.25) is 14.4 Å². The lowest BCUT2D eigenvalue weighted by Crippen LogP contribution is -2.24. The molecule has 1 aliphatic rings. The normalized spacial score (nSPS) is 11.5. The first-order chi connectivity index (χ1) is 14.0. The standard InChI is InChI=1S/C20H17NO8/c1-12(23)14-6-17-18(29-11-28-17)7-15(14)21-19(24)9-27-20(25)10-26-16-5-3-2-4-13(16)8-22/h2-8H,9-11H2,1H3,(H,21,24). The molecule has 0 atom stereocenters. The average molecular weight is 399 g/mol. The number of hydrogen-bond donors (Lipinski definition) is 1. The van der Waals surface area contributed by atoms with Gasteiger partial charge in [-0.05, 0) is 25.1 Å². The van der Waals surface area contributed by atoms with Crippen molar-refractivity contribution in [2.24, 2.45) is 0 Å². The summed E-state index contributed by atoms with van der Waals surface area (Å²) in [6, 6.07) is 9.33. The summed E-state index contributed by atoms with van der Waals surface area (Å²) in [6.45, 7) is 0.320. The van der Waals surface area contributed by atoms with Crippen molar-refractivity contribution in [2.75, 3.05) is 25.3 Å². The smallest absolute Gasteiger partial charge is 0.344 e. The number of amides is 1. The molecule has 0 spiro atoms. The van der Waals surface area contributed by atoms with Gasteiger partial charge in [0.1, 0.15) is 5.75 Å². The summed E-state index contributed by atoms with van der Waals surface area (Å²) in [6.07, 6.45) is 0.603. The minimum Gasteiger partial charge on any atom is -0.481 e. The molecule has 1 heterocycles. The third kappa shape index (κ3) is 4.89. The molecule has 0 bridgehead atoms. The van der Waals surface area contributed by atoms with Crippen LogP contribution in [0.2, 0.25) is 0 Å². The molecule has 3 rings (SSSR count). The zero-order valence-electron chi connectivity index (χ0n) is 15.4. The number of aldehydes is 1. The maximum absolute atomic E-state index is 12.1. The fourth-order valence-corrected chi connectivity index (χ4v) is 2.56. The molecule has 0 unspecified atom stereocenters. The number of ether oxygens (including phenoxy) is 4. The summed E-state index contributed by atoms with van der Waals surface area (Å²) in [5.74, 6) is -0.684. The van der Waals surface area contributed by atoms with Crippen LogP contribution in [0.25, 0.3) is 0 Å². The summed E-state index contributed by atoms with van der Waals surface area (Å²) in [4.78, 5) is 46.6. The molecule has 0 saturated heterocycles. The molecular weight excluding hydrogens is 382 g/mol. The molecule has 0 aliphatic carbocycles. The summed E-state index contributed by atoms with van der Waals surface area (Å²) < 4.78 is 20.5. The summed E-state index contributed by atoms with van der Waals surface area (Å²) in [5.41, 5.74) is 0.749. The Kier molecular flexibility index (Phi) is 6.08. The zero-order chi connectivity index (χ0) is 20.8. The van der Waals surface area contributed by atoms with E-state index in [1.54, 1.807) is 18.2 Å². The molecule has 2 aromatic rings. The maximum atomic E-state index is 12.1. The minimum atomic E-state index is -0.793. The highest BCUT2D eigenvalue weighted by Gasteiger charge is 2.20. The van der Waals surface area contributed by atoms with Crippen molar-refractivity contribution in [1.82, 2.24) is 0 Å². The number of nitrogens with one attached hydrogen (secondary N) is 1. The number of esters is 1. The Morgan fingerprint density at radius 1 is 1.10 bits per heavy atom. The van der Waals surface area contributed by atoms with Gasteiger partial charge in [0.05, 0.1) is 11.3 Å². The first-order valence-corrected chi connectivity index (χ1v) is 8.55. The van der Waals surface area contributed by atoms with Crippen molar-refractivity contribution in [2.45, 2.75) is 6.92 Å². The van der Waals surface area contributed by atoms with E-state index >= 15 is 0 Å². The fourth-order valence-electron chi connectivity index (χ4n) is 2.56. The van der Waals surface area contributed by atoms with Gasteiger partial charge < -0.3 is 24.3 Å². The van der Waals surface area contributed by atoms with E-state index in [1.165, 1.54) is 25.1 Å². The number of ketones is 1. The van der Waals surface area contributed by atoms with Gasteiger partial charge in [-0.15, -0.1) is 0 Å². The van der Waals surface area contributed by atoms with Crippen molar-refractivity contribution < 1.29 is 38.1 Å². The van der Waals surface area contributed by atoms with Gasteiger partial charge in [0, 0.05) is 11.6 Å². The van der Waals surface area contributed by atoms with E-state index in [9.17, 15) is 19.2 Å². The van der Waals surface area contributed by atoms with Crippen molar-refractivity contribution in [3.63, 3.8) is 0 Å². The quantitative estimate of drug-likeness (QED) is 0.407. The molecular formula is C20H17NO8. The third-order valence-electron chi connectivity index (χ3n) is 3.92. The lowest BCUT2D eigenvalue weighted by atomic mass is 10.1. The van der Waals surface area contributed by atoms with Crippen LogP contribution >= 0.6 is 0 Å². The van der Waals surface area contributed by atoms with Gasteiger partial charge in [0.2, 0.25) is 6.79 Å². The Bertz CT molecular complexity index is 969. The van der Waals surface area contributed by atoms with Crippen molar-refractivity contribution in [3.8, 4) is 17.2 Å². The lowest BCUT2D eigenvalue weighted by Gasteiger charge is -2.11. The highest BCUT2D eigenvalue weighted by molar-refractivity contribution is 6.05. The molecule has 0 fully saturated rings. The molecule has 1 aliphatic heterocycles. The van der Waals surface area contributed by atoms with E-state index in [0.717, 1.165) is 0 Å². The Labute approximate surface area is 165 Å². The number of fused-ring (bicyclic) bond motifs is 1. The second-order valence-electron chi connectivity index (χ2n) is 5.96. The first-order valence-electron chi connectivity index (χ1n) is 8.55. The van der Waals surface area contributed by atoms with Crippen LogP contribution < -0.4 is 19.5 Å². The Morgan fingerprint density at radius 2 is 1.83 bits per heavy atom. The van der Waals surface area contributed by atoms with E-state index in [1.807, 2.05) is 0 Å². The van der Waals surface area contributed by atoms with Crippen molar-refractivity contribution in [1.29, 1.82) is 0 Å². The Morgan fingerprint density at radius 3 is 2.55 bits per heavy atom. The molecule has 1 N–H and O–H groups in total. The number of rotatable bonds is 8. The maximum Gasteiger partial charge on any atom is 0.344 e. The fraction of sp³-hybridized carbons (Fsp3) is 0.200. The van der Waals surface area contributed by atoms with Crippen LogP contribution in [0, 0.1) is 0 Å². The minimum absolute atomic E-state index is 0.0227. The van der Waals surface area contributed by atoms with Crippen LogP contribution in [0.4, 0.5) is 5.69 Å². The highest BCUT2D eigenvalue weighted by Crippen LogP contribution is 2.37. The van der Waals surface area contributed by atoms with Crippen LogP contribution in [0.3, 0.4) is 0 Å². The van der Waals surface area contributed by atoms with E-state index in [-0.39, 0.29) is 35.1 Å². The van der Waals surface area contributed by atoms with Crippen LogP contribution in [0.5, 0.6) is 17.2 Å². The molecule has 150 valence electrons. The summed E-state index contributed by atoms with van der Waals surface area (Å²) >= 11 is 0. The number of carbonyl (C=O) groups is 4. The van der Waals surface area contributed by atoms with E-state index < -0.39 is 25.1 Å². The predicted octanol–water partition coefficient (Wildman–Crippen LogP) is 1.99. The predicted molar refractivity (Wildman–Crippen MR) is 99.5 cm³/mol. The second kappa shape index (κ2) is 8.87. The molecule has 9 heteroatoms. The van der Waals surface area contributed by atoms with Crippen LogP contribution in [-0.4, -0.2) is 44.0 Å². The van der Waals surface area contributed by atoms with Crippen LogP contribution in [0.1, 0.15) is 27.6 Å². The molecule has 0 saturated carbocycles. The average Bonchev–Trinajstić information content (AvgIpc) is 3.17. The van der Waals surface area contributed by atoms with E-state index in [0.29, 0.717) is 17.8 Å². The van der Waals surface area contributed by atoms with Gasteiger partial charge in [0.15, 0.2) is 36.8 Å². The van der Waals surface area contributed by atoms with Crippen molar-refractivity contribution >= 4 is 29.6 Å². The SMILES string of the molecule is CC(=O)c1cc2c(cc1NC(=O)COC(=O)COc1ccccc1C=O)OCO2. The second-order valence-corrected chi connectivity index (χ2v) is 5.96. The first kappa shape index (κ1) is 19.9. The monoisotopic (exact) mass is 399 g/mol. The molecule has 2 aromatic carbocycles. The highest BCUT2D eigenvalue weighted by atomic mass is 16.7. The number of para-hydroxylation sites is 1. The zero-order valence-corrected chi connectivity index (χ0v) is 15.4. The molecule has 0 radical (unpaired) electrons. The largest absolute Gasteiger partial charge is 0.481 e. The van der Waals surface area contributed by atoms with Gasteiger partial charge in [0.25, 0.3) is 5.91 Å².